The fraction of sp³-hybridized carbons (Fsp3) is 1.00. The van der Waals surface area contributed by atoms with Gasteiger partial charge in [0.25, 0.3) is 0 Å². The molecule has 68 valence electrons. The lowest BCUT2D eigenvalue weighted by Gasteiger charge is -2.22. The number of nitrogens with one attached hydrogen (secondary N) is 1. The first-order chi connectivity index (χ1) is 5.11. The normalized spacial score (nSPS) is 16.9. The Morgan fingerprint density at radius 3 is 2.09 bits per heavy atom. The van der Waals surface area contributed by atoms with Crippen LogP contribution in [0.1, 0.15) is 40.5 Å². The molecule has 0 saturated heterocycles. The minimum absolute atomic E-state index is 0.477. The number of hydrogen-bond acceptors (Lipinski definition) is 2. The van der Waals surface area contributed by atoms with Crippen LogP contribution < -0.4 is 11.3 Å². The molecule has 0 amide bonds. The summed E-state index contributed by atoms with van der Waals surface area (Å²) in [4.78, 5) is 0. The van der Waals surface area contributed by atoms with E-state index < -0.39 is 0 Å². The Hall–Kier alpha value is -0.0800. The van der Waals surface area contributed by atoms with Crippen LogP contribution in [-0.2, 0) is 0 Å². The number of hydrazine groups is 1. The van der Waals surface area contributed by atoms with Gasteiger partial charge in [0.1, 0.15) is 0 Å². The third-order valence-corrected chi connectivity index (χ3v) is 2.37. The Morgan fingerprint density at radius 1 is 1.27 bits per heavy atom. The zero-order valence-electron chi connectivity index (χ0n) is 8.22. The average Bonchev–Trinajstić information content (AvgIpc) is 1.99. The first-order valence-electron chi connectivity index (χ1n) is 4.57. The molecule has 0 fully saturated rings. The summed E-state index contributed by atoms with van der Waals surface area (Å²) in [6.07, 6.45) is 2.43. The van der Waals surface area contributed by atoms with E-state index in [1.807, 2.05) is 0 Å². The Morgan fingerprint density at radius 2 is 1.82 bits per heavy atom. The molecule has 0 aliphatic rings. The quantitative estimate of drug-likeness (QED) is 0.474. The Balaban J connectivity index is 3.68. The fourth-order valence-electron chi connectivity index (χ4n) is 1.13. The highest BCUT2D eigenvalue weighted by atomic mass is 15.2. The third-order valence-electron chi connectivity index (χ3n) is 2.37. The van der Waals surface area contributed by atoms with Crippen LogP contribution in [0.5, 0.6) is 0 Å². The van der Waals surface area contributed by atoms with Crippen LogP contribution in [0.4, 0.5) is 0 Å². The summed E-state index contributed by atoms with van der Waals surface area (Å²) in [5.41, 5.74) is 2.87. The van der Waals surface area contributed by atoms with Crippen LogP contribution >= 0.6 is 0 Å². The van der Waals surface area contributed by atoms with Crippen molar-refractivity contribution in [3.05, 3.63) is 0 Å². The molecule has 0 aliphatic heterocycles. The van der Waals surface area contributed by atoms with Gasteiger partial charge < -0.3 is 0 Å². The monoisotopic (exact) mass is 158 g/mol. The van der Waals surface area contributed by atoms with Gasteiger partial charge in [-0.15, -0.1) is 0 Å². The minimum atomic E-state index is 0.477. The molecular weight excluding hydrogens is 136 g/mol. The second-order valence-corrected chi connectivity index (χ2v) is 3.77. The number of nitrogens with two attached hydrogens (primary N) is 1. The summed E-state index contributed by atoms with van der Waals surface area (Å²) in [5.74, 6) is 6.84. The maximum atomic E-state index is 5.43. The zero-order chi connectivity index (χ0) is 8.85. The van der Waals surface area contributed by atoms with Crippen LogP contribution in [0, 0.1) is 11.8 Å². The van der Waals surface area contributed by atoms with Gasteiger partial charge in [0.2, 0.25) is 0 Å². The van der Waals surface area contributed by atoms with Gasteiger partial charge in [0, 0.05) is 6.04 Å². The van der Waals surface area contributed by atoms with E-state index in [-0.39, 0.29) is 0 Å². The molecule has 0 aromatic carbocycles. The maximum absolute atomic E-state index is 5.43. The summed E-state index contributed by atoms with van der Waals surface area (Å²) in [7, 11) is 0. The summed E-state index contributed by atoms with van der Waals surface area (Å²) < 4.78 is 0. The van der Waals surface area contributed by atoms with Gasteiger partial charge in [-0.05, 0) is 18.3 Å². The smallest absolute Gasteiger partial charge is 0.0236 e. The Labute approximate surface area is 70.5 Å². The highest BCUT2D eigenvalue weighted by Crippen LogP contribution is 2.14. The Bertz CT molecular complexity index is 91.6. The van der Waals surface area contributed by atoms with Crippen LogP contribution in [0.2, 0.25) is 0 Å². The molecule has 0 spiro atoms. The molecule has 2 heteroatoms. The summed E-state index contributed by atoms with van der Waals surface area (Å²) in [5, 5.41) is 0. The summed E-state index contributed by atoms with van der Waals surface area (Å²) >= 11 is 0. The van der Waals surface area contributed by atoms with E-state index in [1.54, 1.807) is 0 Å². The first kappa shape index (κ1) is 10.9. The lowest BCUT2D eigenvalue weighted by Crippen LogP contribution is -2.40. The maximum Gasteiger partial charge on any atom is 0.0236 e. The second kappa shape index (κ2) is 5.56. The van der Waals surface area contributed by atoms with Crippen LogP contribution in [0.15, 0.2) is 0 Å². The molecule has 0 bridgehead atoms. The van der Waals surface area contributed by atoms with E-state index in [1.165, 1.54) is 12.8 Å². The molecule has 2 nitrogen and oxygen atoms in total. The largest absolute Gasteiger partial charge is 0.271 e. The van der Waals surface area contributed by atoms with Crippen molar-refractivity contribution >= 4 is 0 Å². The molecule has 0 aromatic rings. The van der Waals surface area contributed by atoms with E-state index >= 15 is 0 Å². The van der Waals surface area contributed by atoms with Crippen molar-refractivity contribution in [3.63, 3.8) is 0 Å². The summed E-state index contributed by atoms with van der Waals surface area (Å²) in [6, 6.07) is 0.477. The van der Waals surface area contributed by atoms with Crippen molar-refractivity contribution in [3.8, 4) is 0 Å². The van der Waals surface area contributed by atoms with Crippen molar-refractivity contribution in [2.24, 2.45) is 17.7 Å². The molecule has 0 radical (unpaired) electrons. The van der Waals surface area contributed by atoms with Gasteiger partial charge in [0.15, 0.2) is 0 Å². The van der Waals surface area contributed by atoms with Crippen molar-refractivity contribution in [2.45, 2.75) is 46.6 Å². The molecule has 0 aromatic heterocycles. The van der Waals surface area contributed by atoms with Crippen LogP contribution in [-0.4, -0.2) is 6.04 Å². The lowest BCUT2D eigenvalue weighted by atomic mass is 9.93. The molecule has 11 heavy (non-hydrogen) atoms. The van der Waals surface area contributed by atoms with Gasteiger partial charge in [-0.1, -0.05) is 34.1 Å². The van der Waals surface area contributed by atoms with Crippen molar-refractivity contribution in [2.75, 3.05) is 0 Å². The molecule has 0 aliphatic carbocycles. The molecule has 0 saturated carbocycles. The predicted octanol–water partition coefficient (Wildman–Crippen LogP) is 1.91. The standard InChI is InChI=1S/C9H22N2/c1-5-8(4)6-9(11-10)7(2)3/h7-9,11H,5-6,10H2,1-4H3. The SMILES string of the molecule is CCC(C)CC(NN)C(C)C. The highest BCUT2D eigenvalue weighted by Gasteiger charge is 2.13. The average molecular weight is 158 g/mol. The number of rotatable bonds is 5. The molecule has 2 atom stereocenters. The molecule has 0 heterocycles. The molecule has 0 rings (SSSR count). The van der Waals surface area contributed by atoms with Gasteiger partial charge in [-0.3, -0.25) is 11.3 Å². The van der Waals surface area contributed by atoms with Crippen LogP contribution in [0.3, 0.4) is 0 Å². The predicted molar refractivity (Wildman–Crippen MR) is 50.0 cm³/mol. The van der Waals surface area contributed by atoms with Crippen LogP contribution in [0.25, 0.3) is 0 Å². The summed E-state index contributed by atoms with van der Waals surface area (Å²) in [6.45, 7) is 8.89. The van der Waals surface area contributed by atoms with Gasteiger partial charge in [-0.2, -0.15) is 0 Å². The highest BCUT2D eigenvalue weighted by molar-refractivity contribution is 4.69. The molecule has 2 unspecified atom stereocenters. The molecular formula is C9H22N2. The van der Waals surface area contributed by atoms with Crippen molar-refractivity contribution in [1.82, 2.24) is 5.43 Å². The topological polar surface area (TPSA) is 38.0 Å². The van der Waals surface area contributed by atoms with E-state index in [2.05, 4.69) is 33.1 Å². The van der Waals surface area contributed by atoms with E-state index in [0.29, 0.717) is 12.0 Å². The van der Waals surface area contributed by atoms with Gasteiger partial charge in [-0.25, -0.2) is 0 Å². The fourth-order valence-corrected chi connectivity index (χ4v) is 1.13. The Kier molecular flexibility index (Phi) is 5.51. The lowest BCUT2D eigenvalue weighted by molar-refractivity contribution is 0.328. The van der Waals surface area contributed by atoms with Gasteiger partial charge in [0.05, 0.1) is 0 Å². The number of hydrogen-bond donors (Lipinski definition) is 2. The van der Waals surface area contributed by atoms with E-state index in [9.17, 15) is 0 Å². The van der Waals surface area contributed by atoms with Crippen molar-refractivity contribution < 1.29 is 0 Å². The first-order valence-corrected chi connectivity index (χ1v) is 4.57. The van der Waals surface area contributed by atoms with Gasteiger partial charge >= 0.3 is 0 Å². The third kappa shape index (κ3) is 4.38. The zero-order valence-corrected chi connectivity index (χ0v) is 8.22. The van der Waals surface area contributed by atoms with E-state index in [4.69, 9.17) is 5.84 Å². The second-order valence-electron chi connectivity index (χ2n) is 3.77. The minimum Gasteiger partial charge on any atom is -0.271 e. The van der Waals surface area contributed by atoms with Crippen molar-refractivity contribution in [1.29, 1.82) is 0 Å². The molecule has 3 N–H and O–H groups in total. The van der Waals surface area contributed by atoms with E-state index in [0.717, 1.165) is 5.92 Å².